The number of primary amides is 1. The fraction of sp³-hybridized carbons (Fsp3) is 0.333. The third kappa shape index (κ3) is 4.80. The van der Waals surface area contributed by atoms with Crippen molar-refractivity contribution in [2.75, 3.05) is 6.54 Å². The summed E-state index contributed by atoms with van der Waals surface area (Å²) in [7, 11) is -3.85. The summed E-state index contributed by atoms with van der Waals surface area (Å²) in [6.45, 7) is 1.61. The normalized spacial score (nSPS) is 11.3. The third-order valence-corrected chi connectivity index (χ3v) is 5.01. The monoisotopic (exact) mass is 378 g/mol. The van der Waals surface area contributed by atoms with Crippen LogP contribution in [0, 0.1) is 6.92 Å². The molecule has 0 bridgehead atoms. The number of nitrogens with two attached hydrogens (primary N) is 1. The van der Waals surface area contributed by atoms with Gasteiger partial charge >= 0.3 is 5.97 Å². The van der Waals surface area contributed by atoms with Crippen LogP contribution in [0.2, 0.25) is 0 Å². The Morgan fingerprint density at radius 2 is 2.00 bits per heavy atom. The number of halogens is 1. The topological polar surface area (TPSA) is 127 Å². The molecule has 1 amide bonds. The number of hydrogen-bond acceptors (Lipinski definition) is 4. The lowest BCUT2D eigenvalue weighted by atomic mass is 10.1. The number of carboxylic acid groups (broad SMARTS) is 1. The highest BCUT2D eigenvalue weighted by Crippen LogP contribution is 2.24. The predicted molar refractivity (Wildman–Crippen MR) is 79.5 cm³/mol. The third-order valence-electron chi connectivity index (χ3n) is 2.75. The fourth-order valence-electron chi connectivity index (χ4n) is 1.58. The highest BCUT2D eigenvalue weighted by molar-refractivity contribution is 9.10. The van der Waals surface area contributed by atoms with Crippen LogP contribution in [0.3, 0.4) is 0 Å². The van der Waals surface area contributed by atoms with E-state index in [1.54, 1.807) is 6.92 Å². The van der Waals surface area contributed by atoms with Crippen molar-refractivity contribution in [3.63, 3.8) is 0 Å². The first kappa shape index (κ1) is 17.6. The molecular weight excluding hydrogens is 364 g/mol. The number of sulfonamides is 1. The molecular formula is C12H15BrN2O5S. The van der Waals surface area contributed by atoms with Gasteiger partial charge in [-0.05, 0) is 31.0 Å². The van der Waals surface area contributed by atoms with E-state index in [4.69, 9.17) is 10.8 Å². The zero-order chi connectivity index (χ0) is 16.2. The first-order valence-electron chi connectivity index (χ1n) is 5.96. The lowest BCUT2D eigenvalue weighted by Crippen LogP contribution is -2.26. The highest BCUT2D eigenvalue weighted by Gasteiger charge is 2.19. The van der Waals surface area contributed by atoms with Crippen LogP contribution in [-0.4, -0.2) is 31.9 Å². The van der Waals surface area contributed by atoms with Crippen molar-refractivity contribution in [1.29, 1.82) is 0 Å². The molecule has 0 heterocycles. The molecule has 21 heavy (non-hydrogen) atoms. The number of nitrogens with one attached hydrogen (secondary N) is 1. The zero-order valence-electron chi connectivity index (χ0n) is 11.2. The van der Waals surface area contributed by atoms with Crippen molar-refractivity contribution in [2.45, 2.75) is 24.7 Å². The quantitative estimate of drug-likeness (QED) is 0.609. The van der Waals surface area contributed by atoms with Gasteiger partial charge in [0.25, 0.3) is 0 Å². The molecule has 0 aromatic heterocycles. The van der Waals surface area contributed by atoms with Crippen LogP contribution in [0.1, 0.15) is 28.8 Å². The van der Waals surface area contributed by atoms with Crippen LogP contribution in [0.5, 0.6) is 0 Å². The summed E-state index contributed by atoms with van der Waals surface area (Å²) >= 11 is 3.14. The van der Waals surface area contributed by atoms with Crippen molar-refractivity contribution in [2.24, 2.45) is 5.73 Å². The van der Waals surface area contributed by atoms with Crippen LogP contribution in [0.25, 0.3) is 0 Å². The summed E-state index contributed by atoms with van der Waals surface area (Å²) in [5.41, 5.74) is 5.30. The van der Waals surface area contributed by atoms with Crippen molar-refractivity contribution >= 4 is 37.8 Å². The van der Waals surface area contributed by atoms with Crippen molar-refractivity contribution in [3.05, 3.63) is 27.7 Å². The minimum absolute atomic E-state index is 0.0408. The molecule has 0 unspecified atom stereocenters. The van der Waals surface area contributed by atoms with Gasteiger partial charge in [-0.15, -0.1) is 0 Å². The van der Waals surface area contributed by atoms with Crippen LogP contribution in [0.4, 0.5) is 0 Å². The number of amides is 1. The molecule has 0 aliphatic carbocycles. The van der Waals surface area contributed by atoms with Gasteiger partial charge in [0.15, 0.2) is 0 Å². The van der Waals surface area contributed by atoms with Gasteiger partial charge in [-0.2, -0.15) is 0 Å². The molecule has 0 aliphatic heterocycles. The maximum absolute atomic E-state index is 12.1. The van der Waals surface area contributed by atoms with Gasteiger partial charge in [-0.1, -0.05) is 15.9 Å². The van der Waals surface area contributed by atoms with Crippen molar-refractivity contribution in [3.8, 4) is 0 Å². The molecule has 9 heteroatoms. The highest BCUT2D eigenvalue weighted by atomic mass is 79.9. The summed E-state index contributed by atoms with van der Waals surface area (Å²) < 4.78 is 26.8. The Morgan fingerprint density at radius 3 is 2.52 bits per heavy atom. The first-order valence-corrected chi connectivity index (χ1v) is 8.24. The van der Waals surface area contributed by atoms with Gasteiger partial charge in [-0.3, -0.25) is 4.79 Å². The Bertz CT molecular complexity index is 672. The molecule has 0 saturated carbocycles. The SMILES string of the molecule is Cc1c(Br)cc(S(=O)(=O)NCCCC(N)=O)cc1C(=O)O. The number of aromatic carboxylic acids is 1. The second kappa shape index (κ2) is 7.01. The lowest BCUT2D eigenvalue weighted by Gasteiger charge is -2.10. The number of hydrogen-bond donors (Lipinski definition) is 3. The van der Waals surface area contributed by atoms with Crippen molar-refractivity contribution < 1.29 is 23.1 Å². The van der Waals surface area contributed by atoms with E-state index in [-0.39, 0.29) is 29.8 Å². The standard InChI is InChI=1S/C12H15BrN2O5S/c1-7-9(12(17)18)5-8(6-10(7)13)21(19,20)15-4-2-3-11(14)16/h5-6,15H,2-4H2,1H3,(H2,14,16)(H,17,18). The van der Waals surface area contributed by atoms with Crippen LogP contribution < -0.4 is 10.5 Å². The van der Waals surface area contributed by atoms with Crippen LogP contribution >= 0.6 is 15.9 Å². The largest absolute Gasteiger partial charge is 0.478 e. The molecule has 7 nitrogen and oxygen atoms in total. The molecule has 0 saturated heterocycles. The van der Waals surface area contributed by atoms with E-state index >= 15 is 0 Å². The maximum Gasteiger partial charge on any atom is 0.336 e. The number of benzene rings is 1. The second-order valence-corrected chi connectivity index (χ2v) is 6.97. The minimum atomic E-state index is -3.85. The Morgan fingerprint density at radius 1 is 1.38 bits per heavy atom. The maximum atomic E-state index is 12.1. The average Bonchev–Trinajstić information content (AvgIpc) is 2.37. The molecule has 0 atom stereocenters. The minimum Gasteiger partial charge on any atom is -0.478 e. The van der Waals surface area contributed by atoms with Crippen LogP contribution in [-0.2, 0) is 14.8 Å². The fourth-order valence-corrected chi connectivity index (χ4v) is 3.32. The van der Waals surface area contributed by atoms with Gasteiger partial charge < -0.3 is 10.8 Å². The van der Waals surface area contributed by atoms with E-state index in [2.05, 4.69) is 20.7 Å². The molecule has 1 aromatic rings. The van der Waals surface area contributed by atoms with E-state index in [1.807, 2.05) is 0 Å². The summed E-state index contributed by atoms with van der Waals surface area (Å²) in [6.07, 6.45) is 0.341. The molecule has 1 aromatic carbocycles. The van der Waals surface area contributed by atoms with Gasteiger partial charge in [-0.25, -0.2) is 17.9 Å². The number of carboxylic acids is 1. The van der Waals surface area contributed by atoms with Gasteiger partial charge in [0.1, 0.15) is 0 Å². The Hall–Kier alpha value is -1.45. The second-order valence-electron chi connectivity index (χ2n) is 4.35. The Labute approximate surface area is 130 Å². The molecule has 1 rings (SSSR count). The van der Waals surface area contributed by atoms with Gasteiger partial charge in [0, 0.05) is 17.4 Å². The molecule has 0 spiro atoms. The molecule has 0 fully saturated rings. The Balaban J connectivity index is 2.98. The van der Waals surface area contributed by atoms with Crippen LogP contribution in [0.15, 0.2) is 21.5 Å². The van der Waals surface area contributed by atoms with Crippen molar-refractivity contribution in [1.82, 2.24) is 4.72 Å². The average molecular weight is 379 g/mol. The van der Waals surface area contributed by atoms with E-state index in [1.165, 1.54) is 6.07 Å². The molecule has 0 aliphatic rings. The number of carbonyl (C=O) groups is 2. The van der Waals surface area contributed by atoms with Gasteiger partial charge in [0.05, 0.1) is 10.5 Å². The molecule has 0 radical (unpaired) electrons. The number of rotatable bonds is 7. The van der Waals surface area contributed by atoms with E-state index in [0.29, 0.717) is 10.0 Å². The Kier molecular flexibility index (Phi) is 5.87. The van der Waals surface area contributed by atoms with E-state index < -0.39 is 21.9 Å². The predicted octanol–water partition coefficient (Wildman–Crippen LogP) is 1.000. The van der Waals surface area contributed by atoms with E-state index in [9.17, 15) is 18.0 Å². The van der Waals surface area contributed by atoms with Gasteiger partial charge in [0.2, 0.25) is 15.9 Å². The summed E-state index contributed by atoms with van der Waals surface area (Å²) in [4.78, 5) is 21.5. The molecule has 4 N–H and O–H groups in total. The summed E-state index contributed by atoms with van der Waals surface area (Å²) in [5, 5.41) is 9.07. The van der Waals surface area contributed by atoms with E-state index in [0.717, 1.165) is 6.07 Å². The first-order chi connectivity index (χ1) is 9.65. The summed E-state index contributed by atoms with van der Waals surface area (Å²) in [6, 6.07) is 2.43. The smallest absolute Gasteiger partial charge is 0.336 e. The lowest BCUT2D eigenvalue weighted by molar-refractivity contribution is -0.118. The summed E-state index contributed by atoms with van der Waals surface area (Å²) in [5.74, 6) is -1.72. The number of carbonyl (C=O) groups excluding carboxylic acids is 1. The zero-order valence-corrected chi connectivity index (χ0v) is 13.6. The molecule has 116 valence electrons.